The number of hydrogen-bond donors (Lipinski definition) is 1. The van der Waals surface area contributed by atoms with Gasteiger partial charge in [-0.05, 0) is 87.4 Å². The lowest BCUT2D eigenvalue weighted by atomic mass is 9.98. The van der Waals surface area contributed by atoms with Crippen molar-refractivity contribution in [1.82, 2.24) is 14.9 Å². The van der Waals surface area contributed by atoms with Crippen LogP contribution in [0, 0.1) is 12.8 Å². The monoisotopic (exact) mass is 581 g/mol. The Morgan fingerprint density at radius 3 is 2.28 bits per heavy atom. The number of hydrogen-bond acceptors (Lipinski definition) is 5. The van der Waals surface area contributed by atoms with Crippen molar-refractivity contribution < 1.29 is 19.1 Å². The van der Waals surface area contributed by atoms with Crippen LogP contribution in [0.15, 0.2) is 60.7 Å². The van der Waals surface area contributed by atoms with Crippen LogP contribution in [0.4, 0.5) is 0 Å². The van der Waals surface area contributed by atoms with Gasteiger partial charge in [-0.15, -0.1) is 0 Å². The molecule has 0 aliphatic carbocycles. The highest BCUT2D eigenvalue weighted by atomic mass is 16.6. The van der Waals surface area contributed by atoms with E-state index in [-0.39, 0.29) is 23.6 Å². The molecule has 0 spiro atoms. The van der Waals surface area contributed by atoms with Crippen LogP contribution in [0.3, 0.4) is 0 Å². The summed E-state index contributed by atoms with van der Waals surface area (Å²) < 4.78 is 7.82. The number of aryl methyl sites for hydroxylation is 2. The summed E-state index contributed by atoms with van der Waals surface area (Å²) in [6.45, 7) is 15.6. The van der Waals surface area contributed by atoms with Gasteiger partial charge >= 0.3 is 5.97 Å². The van der Waals surface area contributed by atoms with E-state index in [1.807, 2.05) is 84.0 Å². The molecule has 1 unspecified atom stereocenters. The molecule has 1 N–H and O–H groups in total. The number of carbonyl (C=O) groups excluding carboxylic acids is 3. The molecule has 1 amide bonds. The number of nitrogens with one attached hydrogen (secondary N) is 1. The SMILES string of the molecule is CCCc1nc2c(C)cc(C(=O)NC(C(C)=O)C(C)C)cc2n1Cc1ccc(-c2ccccc2C(=O)OC(C)(C)C)cc1. The van der Waals surface area contributed by atoms with Gasteiger partial charge in [0.2, 0.25) is 0 Å². The van der Waals surface area contributed by atoms with Gasteiger partial charge in [0.25, 0.3) is 5.91 Å². The zero-order chi connectivity index (χ0) is 31.5. The highest BCUT2D eigenvalue weighted by molar-refractivity contribution is 6.01. The van der Waals surface area contributed by atoms with E-state index in [4.69, 9.17) is 9.72 Å². The average Bonchev–Trinajstić information content (AvgIpc) is 3.28. The normalized spacial score (nSPS) is 12.4. The van der Waals surface area contributed by atoms with Crippen molar-refractivity contribution in [2.24, 2.45) is 5.92 Å². The number of imidazole rings is 1. The molecular formula is C36H43N3O4. The summed E-state index contributed by atoms with van der Waals surface area (Å²) in [7, 11) is 0. The summed E-state index contributed by atoms with van der Waals surface area (Å²) in [5, 5.41) is 2.92. The summed E-state index contributed by atoms with van der Waals surface area (Å²) in [4.78, 5) is 43.3. The number of ketones is 1. The summed E-state index contributed by atoms with van der Waals surface area (Å²) in [6, 6.07) is 18.8. The first kappa shape index (κ1) is 31.7. The van der Waals surface area contributed by atoms with E-state index in [0.717, 1.165) is 52.0 Å². The second kappa shape index (κ2) is 12.9. The molecule has 0 fully saturated rings. The predicted octanol–water partition coefficient (Wildman–Crippen LogP) is 7.31. The Morgan fingerprint density at radius 2 is 1.67 bits per heavy atom. The maximum atomic E-state index is 13.3. The summed E-state index contributed by atoms with van der Waals surface area (Å²) in [6.07, 6.45) is 1.74. The van der Waals surface area contributed by atoms with Gasteiger partial charge < -0.3 is 14.6 Å². The Kier molecular flexibility index (Phi) is 9.53. The smallest absolute Gasteiger partial charge is 0.339 e. The first-order chi connectivity index (χ1) is 20.3. The minimum Gasteiger partial charge on any atom is -0.456 e. The molecule has 1 heterocycles. The van der Waals surface area contributed by atoms with E-state index in [2.05, 4.69) is 28.9 Å². The van der Waals surface area contributed by atoms with E-state index in [1.165, 1.54) is 6.92 Å². The molecule has 0 aliphatic rings. The Morgan fingerprint density at radius 1 is 1.00 bits per heavy atom. The van der Waals surface area contributed by atoms with E-state index in [0.29, 0.717) is 17.7 Å². The Bertz CT molecular complexity index is 1640. The van der Waals surface area contributed by atoms with Crippen molar-refractivity contribution in [3.8, 4) is 11.1 Å². The molecule has 43 heavy (non-hydrogen) atoms. The van der Waals surface area contributed by atoms with Gasteiger partial charge in [-0.2, -0.15) is 0 Å². The van der Waals surface area contributed by atoms with Crippen LogP contribution in [-0.4, -0.2) is 38.9 Å². The number of nitrogens with zero attached hydrogens (tertiary/aromatic N) is 2. The third-order valence-corrected chi connectivity index (χ3v) is 7.40. The number of Topliss-reactive ketones (excluding diaryl/α,β-unsaturated/α-hetero) is 1. The van der Waals surface area contributed by atoms with Crippen molar-refractivity contribution in [3.63, 3.8) is 0 Å². The summed E-state index contributed by atoms with van der Waals surface area (Å²) in [5.41, 5.74) is 5.94. The van der Waals surface area contributed by atoms with E-state index < -0.39 is 11.6 Å². The quantitative estimate of drug-likeness (QED) is 0.198. The molecule has 4 aromatic rings. The van der Waals surface area contributed by atoms with Crippen LogP contribution < -0.4 is 5.32 Å². The van der Waals surface area contributed by atoms with E-state index in [9.17, 15) is 14.4 Å². The van der Waals surface area contributed by atoms with Crippen molar-refractivity contribution in [3.05, 3.63) is 88.7 Å². The number of fused-ring (bicyclic) bond motifs is 1. The molecule has 226 valence electrons. The second-order valence-electron chi connectivity index (χ2n) is 12.6. The molecule has 0 saturated carbocycles. The fraction of sp³-hybridized carbons (Fsp3) is 0.389. The maximum Gasteiger partial charge on any atom is 0.339 e. The largest absolute Gasteiger partial charge is 0.456 e. The fourth-order valence-electron chi connectivity index (χ4n) is 5.34. The molecule has 0 radical (unpaired) electrons. The third kappa shape index (κ3) is 7.39. The third-order valence-electron chi connectivity index (χ3n) is 7.40. The average molecular weight is 582 g/mol. The van der Waals surface area contributed by atoms with Crippen LogP contribution in [0.5, 0.6) is 0 Å². The molecule has 0 saturated heterocycles. The van der Waals surface area contributed by atoms with E-state index in [1.54, 1.807) is 6.07 Å². The highest BCUT2D eigenvalue weighted by Crippen LogP contribution is 2.28. The number of aromatic nitrogens is 2. The lowest BCUT2D eigenvalue weighted by Gasteiger charge is -2.20. The van der Waals surface area contributed by atoms with Gasteiger partial charge in [0.1, 0.15) is 11.4 Å². The minimum absolute atomic E-state index is 0.00737. The molecule has 0 aliphatic heterocycles. The first-order valence-electron chi connectivity index (χ1n) is 15.0. The van der Waals surface area contributed by atoms with Gasteiger partial charge in [-0.25, -0.2) is 9.78 Å². The number of amides is 1. The Balaban J connectivity index is 1.68. The summed E-state index contributed by atoms with van der Waals surface area (Å²) in [5.74, 6) is 0.276. The van der Waals surface area contributed by atoms with E-state index >= 15 is 0 Å². The Labute approximate surface area is 254 Å². The fourth-order valence-corrected chi connectivity index (χ4v) is 5.34. The molecule has 7 heteroatoms. The van der Waals surface area contributed by atoms with Crippen molar-refractivity contribution in [2.75, 3.05) is 0 Å². The van der Waals surface area contributed by atoms with Crippen molar-refractivity contribution >= 4 is 28.7 Å². The van der Waals surface area contributed by atoms with Gasteiger partial charge in [0, 0.05) is 18.5 Å². The van der Waals surface area contributed by atoms with Crippen LogP contribution in [0.25, 0.3) is 22.2 Å². The molecule has 3 aromatic carbocycles. The van der Waals surface area contributed by atoms with Crippen LogP contribution in [0.2, 0.25) is 0 Å². The van der Waals surface area contributed by atoms with Gasteiger partial charge in [-0.3, -0.25) is 9.59 Å². The molecule has 4 rings (SSSR count). The van der Waals surface area contributed by atoms with Crippen molar-refractivity contribution in [2.45, 2.75) is 86.4 Å². The predicted molar refractivity (Wildman–Crippen MR) is 171 cm³/mol. The first-order valence-corrected chi connectivity index (χ1v) is 15.0. The number of ether oxygens (including phenoxy) is 1. The molecule has 7 nitrogen and oxygen atoms in total. The lowest BCUT2D eigenvalue weighted by Crippen LogP contribution is -2.43. The summed E-state index contributed by atoms with van der Waals surface area (Å²) >= 11 is 0. The van der Waals surface area contributed by atoms with Gasteiger partial charge in [-0.1, -0.05) is 63.2 Å². The number of rotatable bonds is 10. The van der Waals surface area contributed by atoms with Crippen LogP contribution >= 0.6 is 0 Å². The highest BCUT2D eigenvalue weighted by Gasteiger charge is 2.23. The second-order valence-corrected chi connectivity index (χ2v) is 12.6. The molecular weight excluding hydrogens is 538 g/mol. The Hall–Kier alpha value is -4.26. The number of benzene rings is 3. The minimum atomic E-state index is -0.583. The molecule has 1 aromatic heterocycles. The van der Waals surface area contributed by atoms with Gasteiger partial charge in [0.05, 0.1) is 22.6 Å². The standard InChI is InChI=1S/C36H43N3O4/c1-9-12-31-37-33-23(4)19-27(34(41)38-32(22(2)3)24(5)40)20-30(33)39(31)21-25-15-17-26(18-16-25)28-13-10-11-14-29(28)35(42)43-36(6,7)8/h10-11,13-20,22,32H,9,12,21H2,1-8H3,(H,38,41). The number of carbonyl (C=O) groups is 3. The van der Waals surface area contributed by atoms with Crippen molar-refractivity contribution in [1.29, 1.82) is 0 Å². The van der Waals surface area contributed by atoms with Crippen LogP contribution in [-0.2, 0) is 22.5 Å². The molecule has 1 atom stereocenters. The lowest BCUT2D eigenvalue weighted by molar-refractivity contribution is -0.119. The topological polar surface area (TPSA) is 90.3 Å². The maximum absolute atomic E-state index is 13.3. The molecule has 0 bridgehead atoms. The zero-order valence-electron chi connectivity index (χ0n) is 26.6. The van der Waals surface area contributed by atoms with Gasteiger partial charge in [0.15, 0.2) is 5.78 Å². The zero-order valence-corrected chi connectivity index (χ0v) is 26.6. The van der Waals surface area contributed by atoms with Crippen LogP contribution in [0.1, 0.15) is 92.6 Å². The number of esters is 1.